The lowest BCUT2D eigenvalue weighted by atomic mass is 10.2. The molecule has 0 heterocycles. The molecular formula is C13H10Cl3NO. The van der Waals surface area contributed by atoms with Crippen molar-refractivity contribution in [1.82, 2.24) is 0 Å². The number of benzene rings is 2. The van der Waals surface area contributed by atoms with E-state index in [1.807, 2.05) is 6.07 Å². The maximum absolute atomic E-state index is 5.89. The van der Waals surface area contributed by atoms with Gasteiger partial charge in [0, 0.05) is 6.07 Å². The molecule has 0 unspecified atom stereocenters. The summed E-state index contributed by atoms with van der Waals surface area (Å²) < 4.78 is 5.58. The normalized spacial score (nSPS) is 10.4. The third-order valence-corrected chi connectivity index (χ3v) is 3.44. The molecule has 0 fully saturated rings. The molecule has 0 amide bonds. The van der Waals surface area contributed by atoms with Crippen LogP contribution in [-0.2, 0) is 6.61 Å². The number of nitrogen functional groups attached to an aromatic ring is 1. The van der Waals surface area contributed by atoms with Gasteiger partial charge in [0.2, 0.25) is 0 Å². The largest absolute Gasteiger partial charge is 0.489 e. The minimum absolute atomic E-state index is 0.388. The van der Waals surface area contributed by atoms with Crippen molar-refractivity contribution in [3.63, 3.8) is 0 Å². The van der Waals surface area contributed by atoms with E-state index in [1.54, 1.807) is 30.3 Å². The van der Waals surface area contributed by atoms with Crippen molar-refractivity contribution in [3.8, 4) is 5.75 Å². The van der Waals surface area contributed by atoms with E-state index in [0.717, 1.165) is 5.56 Å². The zero-order valence-electron chi connectivity index (χ0n) is 9.29. The SMILES string of the molecule is Nc1cc(COc2ccc(Cl)c(Cl)c2)ccc1Cl. The van der Waals surface area contributed by atoms with Gasteiger partial charge >= 0.3 is 0 Å². The van der Waals surface area contributed by atoms with Gasteiger partial charge in [0.15, 0.2) is 0 Å². The molecule has 0 bridgehead atoms. The zero-order chi connectivity index (χ0) is 13.1. The number of hydrogen-bond donors (Lipinski definition) is 1. The van der Waals surface area contributed by atoms with Crippen LogP contribution >= 0.6 is 34.8 Å². The molecule has 0 aliphatic heterocycles. The Morgan fingerprint density at radius 1 is 0.889 bits per heavy atom. The minimum Gasteiger partial charge on any atom is -0.489 e. The van der Waals surface area contributed by atoms with E-state index in [9.17, 15) is 0 Å². The van der Waals surface area contributed by atoms with E-state index in [4.69, 9.17) is 45.3 Å². The lowest BCUT2D eigenvalue weighted by molar-refractivity contribution is 0.306. The fourth-order valence-corrected chi connectivity index (χ4v) is 1.82. The Balaban J connectivity index is 2.06. The third-order valence-electron chi connectivity index (χ3n) is 2.36. The van der Waals surface area contributed by atoms with E-state index < -0.39 is 0 Å². The van der Waals surface area contributed by atoms with Crippen LogP contribution < -0.4 is 10.5 Å². The second kappa shape index (κ2) is 5.70. The van der Waals surface area contributed by atoms with E-state index in [0.29, 0.717) is 33.1 Å². The smallest absolute Gasteiger partial charge is 0.121 e. The van der Waals surface area contributed by atoms with Crippen LogP contribution in [0.1, 0.15) is 5.56 Å². The Morgan fingerprint density at radius 3 is 2.28 bits per heavy atom. The topological polar surface area (TPSA) is 35.2 Å². The molecule has 5 heteroatoms. The Hall–Kier alpha value is -1.09. The van der Waals surface area contributed by atoms with Crippen molar-refractivity contribution >= 4 is 40.5 Å². The quantitative estimate of drug-likeness (QED) is 0.826. The van der Waals surface area contributed by atoms with Gasteiger partial charge in [-0.05, 0) is 29.8 Å². The highest BCUT2D eigenvalue weighted by atomic mass is 35.5. The van der Waals surface area contributed by atoms with Crippen LogP contribution in [0.25, 0.3) is 0 Å². The van der Waals surface area contributed by atoms with Crippen molar-refractivity contribution in [2.75, 3.05) is 5.73 Å². The molecule has 0 saturated carbocycles. The van der Waals surface area contributed by atoms with Gasteiger partial charge < -0.3 is 10.5 Å². The lowest BCUT2D eigenvalue weighted by Gasteiger charge is -2.08. The number of halogens is 3. The van der Waals surface area contributed by atoms with Crippen LogP contribution in [0.3, 0.4) is 0 Å². The summed E-state index contributed by atoms with van der Waals surface area (Å²) in [4.78, 5) is 0. The Morgan fingerprint density at radius 2 is 1.61 bits per heavy atom. The van der Waals surface area contributed by atoms with Crippen LogP contribution in [0.4, 0.5) is 5.69 Å². The molecule has 0 atom stereocenters. The predicted molar refractivity (Wildman–Crippen MR) is 76.7 cm³/mol. The summed E-state index contributed by atoms with van der Waals surface area (Å²) in [6.45, 7) is 0.388. The monoisotopic (exact) mass is 301 g/mol. The highest BCUT2D eigenvalue weighted by molar-refractivity contribution is 6.42. The fourth-order valence-electron chi connectivity index (χ4n) is 1.42. The number of anilines is 1. The number of rotatable bonds is 3. The molecule has 2 N–H and O–H groups in total. The van der Waals surface area contributed by atoms with Gasteiger partial charge in [-0.3, -0.25) is 0 Å². The van der Waals surface area contributed by atoms with Gasteiger partial charge in [0.05, 0.1) is 20.8 Å². The highest BCUT2D eigenvalue weighted by Crippen LogP contribution is 2.27. The average Bonchev–Trinajstić information content (AvgIpc) is 2.35. The summed E-state index contributed by atoms with van der Waals surface area (Å²) in [5, 5.41) is 1.50. The maximum Gasteiger partial charge on any atom is 0.121 e. The van der Waals surface area contributed by atoms with Crippen LogP contribution in [0, 0.1) is 0 Å². The molecule has 0 aromatic heterocycles. The average molecular weight is 303 g/mol. The van der Waals surface area contributed by atoms with Gasteiger partial charge in [-0.2, -0.15) is 0 Å². The molecule has 0 radical (unpaired) electrons. The molecule has 94 valence electrons. The zero-order valence-corrected chi connectivity index (χ0v) is 11.6. The third kappa shape index (κ3) is 3.22. The fraction of sp³-hybridized carbons (Fsp3) is 0.0769. The van der Waals surface area contributed by atoms with Gasteiger partial charge in [0.25, 0.3) is 0 Å². The Kier molecular flexibility index (Phi) is 4.23. The molecule has 2 aromatic carbocycles. The molecule has 0 saturated heterocycles. The van der Waals surface area contributed by atoms with Crippen LogP contribution in [0.5, 0.6) is 5.75 Å². The van der Waals surface area contributed by atoms with Crippen LogP contribution in [0.2, 0.25) is 15.1 Å². The molecule has 2 nitrogen and oxygen atoms in total. The van der Waals surface area contributed by atoms with Crippen LogP contribution in [0.15, 0.2) is 36.4 Å². The van der Waals surface area contributed by atoms with Gasteiger partial charge in [0.1, 0.15) is 12.4 Å². The van der Waals surface area contributed by atoms with Gasteiger partial charge in [-0.25, -0.2) is 0 Å². The maximum atomic E-state index is 5.89. The van der Waals surface area contributed by atoms with Crippen molar-refractivity contribution in [3.05, 3.63) is 57.0 Å². The van der Waals surface area contributed by atoms with E-state index >= 15 is 0 Å². The van der Waals surface area contributed by atoms with E-state index in [2.05, 4.69) is 0 Å². The Labute approximate surface area is 120 Å². The standard InChI is InChI=1S/C13H10Cl3NO/c14-10-4-2-9(6-12(10)16)18-7-8-1-3-11(15)13(17)5-8/h1-6H,7,17H2. The van der Waals surface area contributed by atoms with Crippen LogP contribution in [-0.4, -0.2) is 0 Å². The Bertz CT molecular complexity index is 521. The molecular weight excluding hydrogens is 293 g/mol. The van der Waals surface area contributed by atoms with Crippen molar-refractivity contribution in [2.45, 2.75) is 6.61 Å². The summed E-state index contributed by atoms with van der Waals surface area (Å²) in [5.74, 6) is 0.651. The first-order valence-electron chi connectivity index (χ1n) is 5.18. The van der Waals surface area contributed by atoms with E-state index in [-0.39, 0.29) is 0 Å². The number of nitrogens with two attached hydrogens (primary N) is 1. The summed E-state index contributed by atoms with van der Waals surface area (Å²) >= 11 is 17.5. The molecule has 2 aromatic rings. The molecule has 0 aliphatic carbocycles. The first-order valence-corrected chi connectivity index (χ1v) is 6.31. The predicted octanol–water partition coefficient (Wildman–Crippen LogP) is 4.81. The second-order valence-electron chi connectivity index (χ2n) is 3.72. The summed E-state index contributed by atoms with van der Waals surface area (Å²) in [6.07, 6.45) is 0. The van der Waals surface area contributed by atoms with Crippen molar-refractivity contribution < 1.29 is 4.74 Å². The molecule has 18 heavy (non-hydrogen) atoms. The first-order chi connectivity index (χ1) is 8.56. The van der Waals surface area contributed by atoms with Gasteiger partial charge in [-0.15, -0.1) is 0 Å². The second-order valence-corrected chi connectivity index (χ2v) is 4.94. The summed E-state index contributed by atoms with van der Waals surface area (Å²) in [7, 11) is 0. The van der Waals surface area contributed by atoms with E-state index in [1.165, 1.54) is 0 Å². The number of ether oxygens (including phenoxy) is 1. The molecule has 2 rings (SSSR count). The van der Waals surface area contributed by atoms with Crippen molar-refractivity contribution in [2.24, 2.45) is 0 Å². The number of hydrogen-bond acceptors (Lipinski definition) is 2. The van der Waals surface area contributed by atoms with Crippen molar-refractivity contribution in [1.29, 1.82) is 0 Å². The minimum atomic E-state index is 0.388. The molecule has 0 spiro atoms. The molecule has 0 aliphatic rings. The lowest BCUT2D eigenvalue weighted by Crippen LogP contribution is -1.97. The first kappa shape index (κ1) is 13.3. The highest BCUT2D eigenvalue weighted by Gasteiger charge is 2.02. The summed E-state index contributed by atoms with van der Waals surface area (Å²) in [5.41, 5.74) is 7.17. The van der Waals surface area contributed by atoms with Gasteiger partial charge in [-0.1, -0.05) is 40.9 Å². The summed E-state index contributed by atoms with van der Waals surface area (Å²) in [6, 6.07) is 10.5.